The number of nitrogens with two attached hydrogens (primary N) is 2. The summed E-state index contributed by atoms with van der Waals surface area (Å²) in [6.45, 7) is 2.78. The number of aliphatic imine (C=N–C) groups is 1. The van der Waals surface area contributed by atoms with E-state index in [-0.39, 0.29) is 29.9 Å². The first kappa shape index (κ1) is 12.7. The van der Waals surface area contributed by atoms with E-state index in [4.69, 9.17) is 11.5 Å². The van der Waals surface area contributed by atoms with Gasteiger partial charge in [-0.3, -0.25) is 4.99 Å². The van der Waals surface area contributed by atoms with Crippen LogP contribution in [0.2, 0.25) is 0 Å². The molecular formula is C8H14IN3S. The van der Waals surface area contributed by atoms with Crippen LogP contribution in [-0.4, -0.2) is 12.5 Å². The van der Waals surface area contributed by atoms with Crippen molar-refractivity contribution in [1.29, 1.82) is 0 Å². The number of guanidine groups is 1. The Bertz CT molecular complexity index is 279. The van der Waals surface area contributed by atoms with Crippen molar-refractivity contribution < 1.29 is 0 Å². The lowest BCUT2D eigenvalue weighted by Crippen LogP contribution is -2.23. The highest BCUT2D eigenvalue weighted by Crippen LogP contribution is 2.15. The zero-order valence-corrected chi connectivity index (χ0v) is 10.6. The molecule has 1 aromatic rings. The van der Waals surface area contributed by atoms with Gasteiger partial charge in [-0.1, -0.05) is 0 Å². The highest BCUT2D eigenvalue weighted by molar-refractivity contribution is 14.0. The molecule has 1 aromatic heterocycles. The summed E-state index contributed by atoms with van der Waals surface area (Å²) in [5, 5.41) is 2.08. The molecule has 3 nitrogen and oxygen atoms in total. The molecule has 0 spiro atoms. The topological polar surface area (TPSA) is 64.4 Å². The third-order valence-corrected chi connectivity index (χ3v) is 2.68. The van der Waals surface area contributed by atoms with Crippen LogP contribution in [-0.2, 0) is 6.42 Å². The summed E-state index contributed by atoms with van der Waals surface area (Å²) in [5.74, 6) is 0.171. The van der Waals surface area contributed by atoms with E-state index in [0.29, 0.717) is 6.54 Å². The monoisotopic (exact) mass is 311 g/mol. The second-order valence-electron chi connectivity index (χ2n) is 2.58. The molecular weight excluding hydrogens is 297 g/mol. The molecule has 0 atom stereocenters. The Labute approximate surface area is 99.3 Å². The van der Waals surface area contributed by atoms with Crippen LogP contribution in [0.4, 0.5) is 0 Å². The summed E-state index contributed by atoms with van der Waals surface area (Å²) in [6.07, 6.45) is 0.932. The summed E-state index contributed by atoms with van der Waals surface area (Å²) < 4.78 is 0. The average Bonchev–Trinajstić information content (AvgIpc) is 2.36. The molecule has 0 fully saturated rings. The fourth-order valence-electron chi connectivity index (χ4n) is 0.947. The third kappa shape index (κ3) is 4.47. The number of halogens is 1. The minimum atomic E-state index is 0. The summed E-state index contributed by atoms with van der Waals surface area (Å²) in [4.78, 5) is 5.28. The van der Waals surface area contributed by atoms with E-state index < -0.39 is 0 Å². The Morgan fingerprint density at radius 2 is 2.23 bits per heavy atom. The van der Waals surface area contributed by atoms with Crippen LogP contribution in [0.3, 0.4) is 0 Å². The average molecular weight is 311 g/mol. The number of rotatable bonds is 3. The second-order valence-corrected chi connectivity index (χ2v) is 3.58. The Balaban J connectivity index is 0.00000144. The molecule has 0 bridgehead atoms. The maximum atomic E-state index is 5.20. The molecule has 0 unspecified atom stereocenters. The Morgan fingerprint density at radius 1 is 1.54 bits per heavy atom. The highest BCUT2D eigenvalue weighted by atomic mass is 127. The zero-order valence-electron chi connectivity index (χ0n) is 7.49. The molecule has 74 valence electrons. The number of thiophene rings is 1. The van der Waals surface area contributed by atoms with E-state index in [1.54, 1.807) is 11.3 Å². The van der Waals surface area contributed by atoms with Gasteiger partial charge < -0.3 is 11.5 Å². The highest BCUT2D eigenvalue weighted by Gasteiger charge is 1.97. The van der Waals surface area contributed by atoms with Gasteiger partial charge in [0, 0.05) is 17.8 Å². The van der Waals surface area contributed by atoms with Gasteiger partial charge in [0.25, 0.3) is 0 Å². The largest absolute Gasteiger partial charge is 0.370 e. The molecule has 0 aliphatic carbocycles. The fraction of sp³-hybridized carbons (Fsp3) is 0.375. The van der Waals surface area contributed by atoms with E-state index in [0.717, 1.165) is 6.42 Å². The van der Waals surface area contributed by atoms with Gasteiger partial charge in [0.05, 0.1) is 0 Å². The normalized spacial score (nSPS) is 9.00. The third-order valence-electron chi connectivity index (χ3n) is 1.60. The molecule has 1 heterocycles. The van der Waals surface area contributed by atoms with Crippen LogP contribution in [0.15, 0.2) is 16.4 Å². The van der Waals surface area contributed by atoms with Crippen LogP contribution in [0.25, 0.3) is 0 Å². The van der Waals surface area contributed by atoms with E-state index in [9.17, 15) is 0 Å². The molecule has 13 heavy (non-hydrogen) atoms. The van der Waals surface area contributed by atoms with Crippen molar-refractivity contribution in [2.75, 3.05) is 6.54 Å². The lowest BCUT2D eigenvalue weighted by atomic mass is 10.2. The minimum absolute atomic E-state index is 0. The standard InChI is InChI=1S/C8H13N3S.HI/c1-6-3-5-12-7(6)2-4-11-8(9)10;/h3,5H,2,4H2,1H3,(H4,9,10,11);1H. The van der Waals surface area contributed by atoms with Crippen molar-refractivity contribution in [3.05, 3.63) is 21.9 Å². The quantitative estimate of drug-likeness (QED) is 0.505. The maximum Gasteiger partial charge on any atom is 0.185 e. The van der Waals surface area contributed by atoms with Crippen molar-refractivity contribution in [1.82, 2.24) is 0 Å². The van der Waals surface area contributed by atoms with Crippen molar-refractivity contribution in [3.63, 3.8) is 0 Å². The molecule has 0 radical (unpaired) electrons. The minimum Gasteiger partial charge on any atom is -0.370 e. The van der Waals surface area contributed by atoms with Crippen LogP contribution in [0, 0.1) is 6.92 Å². The number of aryl methyl sites for hydroxylation is 1. The molecule has 0 saturated carbocycles. The molecule has 0 aromatic carbocycles. The number of hydrogen-bond donors (Lipinski definition) is 2. The predicted octanol–water partition coefficient (Wildman–Crippen LogP) is 1.49. The number of nitrogens with zero attached hydrogens (tertiary/aromatic N) is 1. The van der Waals surface area contributed by atoms with Gasteiger partial charge in [-0.25, -0.2) is 0 Å². The van der Waals surface area contributed by atoms with E-state index in [2.05, 4.69) is 23.4 Å². The van der Waals surface area contributed by atoms with Gasteiger partial charge >= 0.3 is 0 Å². The first-order chi connectivity index (χ1) is 5.70. The summed E-state index contributed by atoms with van der Waals surface area (Å²) in [5.41, 5.74) is 11.7. The first-order valence-electron chi connectivity index (χ1n) is 3.78. The van der Waals surface area contributed by atoms with Crippen molar-refractivity contribution in [3.8, 4) is 0 Å². The van der Waals surface area contributed by atoms with E-state index >= 15 is 0 Å². The molecule has 1 rings (SSSR count). The molecule has 0 aliphatic rings. The fourth-order valence-corrected chi connectivity index (χ4v) is 1.85. The van der Waals surface area contributed by atoms with Gasteiger partial charge in [-0.05, 0) is 23.9 Å². The first-order valence-corrected chi connectivity index (χ1v) is 4.66. The van der Waals surface area contributed by atoms with Gasteiger partial charge in [-0.2, -0.15) is 0 Å². The Hall–Kier alpha value is -0.300. The lowest BCUT2D eigenvalue weighted by Gasteiger charge is -1.95. The second kappa shape index (κ2) is 6.20. The van der Waals surface area contributed by atoms with Crippen molar-refractivity contribution in [2.24, 2.45) is 16.5 Å². The lowest BCUT2D eigenvalue weighted by molar-refractivity contribution is 0.973. The van der Waals surface area contributed by atoms with Crippen LogP contribution in [0.5, 0.6) is 0 Å². The van der Waals surface area contributed by atoms with Gasteiger partial charge in [0.2, 0.25) is 0 Å². The van der Waals surface area contributed by atoms with E-state index in [1.165, 1.54) is 10.4 Å². The number of hydrogen-bond acceptors (Lipinski definition) is 2. The molecule has 0 saturated heterocycles. The summed E-state index contributed by atoms with van der Waals surface area (Å²) in [7, 11) is 0. The molecule has 4 N–H and O–H groups in total. The van der Waals surface area contributed by atoms with Gasteiger partial charge in [0.1, 0.15) is 0 Å². The van der Waals surface area contributed by atoms with Crippen molar-refractivity contribution >= 4 is 41.3 Å². The smallest absolute Gasteiger partial charge is 0.185 e. The van der Waals surface area contributed by atoms with Crippen LogP contribution >= 0.6 is 35.3 Å². The Morgan fingerprint density at radius 3 is 2.69 bits per heavy atom. The summed E-state index contributed by atoms with van der Waals surface area (Å²) in [6, 6.07) is 2.11. The van der Waals surface area contributed by atoms with Gasteiger partial charge in [-0.15, -0.1) is 35.3 Å². The van der Waals surface area contributed by atoms with Crippen LogP contribution in [0.1, 0.15) is 10.4 Å². The molecule has 5 heteroatoms. The molecule has 0 aliphatic heterocycles. The van der Waals surface area contributed by atoms with Crippen molar-refractivity contribution in [2.45, 2.75) is 13.3 Å². The summed E-state index contributed by atoms with van der Waals surface area (Å²) >= 11 is 1.75. The Kier molecular flexibility index (Phi) is 6.06. The van der Waals surface area contributed by atoms with E-state index in [1.807, 2.05) is 0 Å². The SMILES string of the molecule is Cc1ccsc1CCN=C(N)N.I. The maximum absolute atomic E-state index is 5.20. The van der Waals surface area contributed by atoms with Gasteiger partial charge in [0.15, 0.2) is 5.96 Å². The predicted molar refractivity (Wildman–Crippen MR) is 68.9 cm³/mol. The zero-order chi connectivity index (χ0) is 8.97. The molecule has 0 amide bonds. The van der Waals surface area contributed by atoms with Crippen LogP contribution < -0.4 is 11.5 Å².